The van der Waals surface area contributed by atoms with Gasteiger partial charge in [-0.1, -0.05) is 12.8 Å². The summed E-state index contributed by atoms with van der Waals surface area (Å²) in [6, 6.07) is 0.552. The normalized spacial score (nSPS) is 29.5. The van der Waals surface area contributed by atoms with Crippen molar-refractivity contribution in [3.05, 3.63) is 9.26 Å². The first kappa shape index (κ1) is 11.8. The largest absolute Gasteiger partial charge is 0.383 e. The molecule has 1 aromatic rings. The van der Waals surface area contributed by atoms with Crippen molar-refractivity contribution in [3.8, 4) is 0 Å². The van der Waals surface area contributed by atoms with Crippen LogP contribution in [0, 0.1) is 22.3 Å². The number of aromatic nitrogens is 2. The van der Waals surface area contributed by atoms with Crippen molar-refractivity contribution >= 4 is 28.4 Å². The maximum Gasteiger partial charge on any atom is 0.135 e. The van der Waals surface area contributed by atoms with E-state index < -0.39 is 0 Å². The molecule has 2 atom stereocenters. The van der Waals surface area contributed by atoms with E-state index in [0.29, 0.717) is 6.04 Å². The molecule has 94 valence electrons. The lowest BCUT2D eigenvalue weighted by molar-refractivity contribution is 0.233. The van der Waals surface area contributed by atoms with E-state index in [4.69, 9.17) is 5.73 Å². The highest BCUT2D eigenvalue weighted by molar-refractivity contribution is 14.1. The van der Waals surface area contributed by atoms with Gasteiger partial charge in [-0.2, -0.15) is 5.10 Å². The maximum atomic E-state index is 6.16. The molecule has 3 nitrogen and oxygen atoms in total. The first-order valence-corrected chi connectivity index (χ1v) is 7.74. The van der Waals surface area contributed by atoms with E-state index in [-0.39, 0.29) is 0 Å². The number of hydrogen-bond donors (Lipinski definition) is 1. The Kier molecular flexibility index (Phi) is 3.09. The minimum atomic E-state index is 0.552. The van der Waals surface area contributed by atoms with E-state index in [1.165, 1.54) is 38.5 Å². The van der Waals surface area contributed by atoms with Gasteiger partial charge in [0.25, 0.3) is 0 Å². The van der Waals surface area contributed by atoms with E-state index in [2.05, 4.69) is 39.3 Å². The van der Waals surface area contributed by atoms with Crippen molar-refractivity contribution in [1.82, 2.24) is 9.78 Å². The van der Waals surface area contributed by atoms with Crippen molar-refractivity contribution in [3.63, 3.8) is 0 Å². The van der Waals surface area contributed by atoms with E-state index in [1.807, 2.05) is 0 Å². The van der Waals surface area contributed by atoms with Gasteiger partial charge in [0.15, 0.2) is 0 Å². The first-order valence-electron chi connectivity index (χ1n) is 6.67. The lowest BCUT2D eigenvalue weighted by Crippen LogP contribution is -2.22. The van der Waals surface area contributed by atoms with Gasteiger partial charge in [-0.25, -0.2) is 4.68 Å². The van der Waals surface area contributed by atoms with Crippen LogP contribution in [0.3, 0.4) is 0 Å². The number of rotatable bonds is 2. The zero-order chi connectivity index (χ0) is 12.0. The Bertz CT molecular complexity index is 423. The monoisotopic (exact) mass is 345 g/mol. The Hall–Kier alpha value is -0.260. The topological polar surface area (TPSA) is 43.8 Å². The second kappa shape index (κ2) is 4.44. The van der Waals surface area contributed by atoms with Gasteiger partial charge in [0.1, 0.15) is 5.82 Å². The van der Waals surface area contributed by atoms with Gasteiger partial charge in [0.05, 0.1) is 15.3 Å². The molecule has 0 saturated heterocycles. The summed E-state index contributed by atoms with van der Waals surface area (Å²) in [7, 11) is 0. The van der Waals surface area contributed by atoms with Crippen LogP contribution in [0.5, 0.6) is 0 Å². The average Bonchev–Trinajstić information content (AvgIpc) is 3.14. The predicted molar refractivity (Wildman–Crippen MR) is 77.8 cm³/mol. The fourth-order valence-electron chi connectivity index (χ4n) is 3.24. The van der Waals surface area contributed by atoms with Gasteiger partial charge in [0, 0.05) is 0 Å². The molecule has 4 heteroatoms. The molecule has 2 N–H and O–H groups in total. The Balaban J connectivity index is 1.80. The van der Waals surface area contributed by atoms with Gasteiger partial charge in [-0.05, 0) is 67.0 Å². The third-order valence-corrected chi connectivity index (χ3v) is 5.70. The molecule has 1 heterocycles. The summed E-state index contributed by atoms with van der Waals surface area (Å²) < 4.78 is 3.24. The van der Waals surface area contributed by atoms with Crippen molar-refractivity contribution in [1.29, 1.82) is 0 Å². The second-order valence-corrected chi connectivity index (χ2v) is 6.73. The number of nitrogen functional groups attached to an aromatic ring is 1. The van der Waals surface area contributed by atoms with Crippen LogP contribution in [0.15, 0.2) is 0 Å². The summed E-state index contributed by atoms with van der Waals surface area (Å²) in [6.07, 6.45) is 8.25. The average molecular weight is 345 g/mol. The van der Waals surface area contributed by atoms with Crippen molar-refractivity contribution in [2.75, 3.05) is 5.73 Å². The van der Waals surface area contributed by atoms with Crippen LogP contribution < -0.4 is 5.73 Å². The molecule has 2 saturated carbocycles. The number of nitrogens with two attached hydrogens (primary N) is 1. The quantitative estimate of drug-likeness (QED) is 0.834. The number of aryl methyl sites for hydroxylation is 1. The van der Waals surface area contributed by atoms with Crippen LogP contribution in [0.1, 0.15) is 50.3 Å². The maximum absolute atomic E-state index is 6.16. The van der Waals surface area contributed by atoms with E-state index in [0.717, 1.165) is 26.9 Å². The van der Waals surface area contributed by atoms with Crippen molar-refractivity contribution < 1.29 is 0 Å². The van der Waals surface area contributed by atoms with Crippen LogP contribution in [0.25, 0.3) is 0 Å². The van der Waals surface area contributed by atoms with Crippen LogP contribution in [-0.4, -0.2) is 9.78 Å². The molecule has 0 bridgehead atoms. The summed E-state index contributed by atoms with van der Waals surface area (Å²) in [5, 5.41) is 4.63. The third kappa shape index (κ3) is 2.20. The molecule has 0 aromatic carbocycles. The molecule has 3 rings (SSSR count). The molecular formula is C13H20IN3. The Labute approximate surface area is 116 Å². The smallest absolute Gasteiger partial charge is 0.135 e. The predicted octanol–water partition coefficient (Wildman–Crippen LogP) is 3.52. The van der Waals surface area contributed by atoms with E-state index >= 15 is 0 Å². The second-order valence-electron chi connectivity index (χ2n) is 5.65. The Morgan fingerprint density at radius 1 is 1.24 bits per heavy atom. The molecule has 2 aliphatic rings. The van der Waals surface area contributed by atoms with Crippen LogP contribution >= 0.6 is 22.6 Å². The molecule has 2 aliphatic carbocycles. The van der Waals surface area contributed by atoms with Gasteiger partial charge < -0.3 is 5.73 Å². The summed E-state index contributed by atoms with van der Waals surface area (Å²) in [5.41, 5.74) is 7.24. The highest BCUT2D eigenvalue weighted by atomic mass is 127. The molecule has 2 unspecified atom stereocenters. The molecule has 0 amide bonds. The molecule has 0 aliphatic heterocycles. The van der Waals surface area contributed by atoms with E-state index in [1.54, 1.807) is 0 Å². The third-order valence-electron chi connectivity index (χ3n) is 4.37. The Morgan fingerprint density at radius 3 is 2.59 bits per heavy atom. The molecular weight excluding hydrogens is 325 g/mol. The minimum Gasteiger partial charge on any atom is -0.383 e. The van der Waals surface area contributed by atoms with Gasteiger partial charge in [0.2, 0.25) is 0 Å². The van der Waals surface area contributed by atoms with Crippen LogP contribution in [0.4, 0.5) is 5.82 Å². The fourth-order valence-corrected chi connectivity index (χ4v) is 3.60. The highest BCUT2D eigenvalue weighted by Crippen LogP contribution is 2.47. The molecule has 17 heavy (non-hydrogen) atoms. The lowest BCUT2D eigenvalue weighted by atomic mass is 9.83. The number of nitrogens with zero attached hydrogens (tertiary/aromatic N) is 2. The zero-order valence-corrected chi connectivity index (χ0v) is 12.5. The summed E-state index contributed by atoms with van der Waals surface area (Å²) in [4.78, 5) is 0. The highest BCUT2D eigenvalue weighted by Gasteiger charge is 2.36. The zero-order valence-electron chi connectivity index (χ0n) is 10.3. The molecule has 0 radical (unpaired) electrons. The van der Waals surface area contributed by atoms with Gasteiger partial charge in [-0.15, -0.1) is 0 Å². The minimum absolute atomic E-state index is 0.552. The SMILES string of the molecule is Cc1nn(C2CCCC(C3CC3)C2)c(N)c1I. The Morgan fingerprint density at radius 2 is 2.00 bits per heavy atom. The lowest BCUT2D eigenvalue weighted by Gasteiger charge is -2.30. The van der Waals surface area contributed by atoms with Gasteiger partial charge in [-0.3, -0.25) is 0 Å². The summed E-state index contributed by atoms with van der Waals surface area (Å²) >= 11 is 2.31. The van der Waals surface area contributed by atoms with Crippen LogP contribution in [0.2, 0.25) is 0 Å². The molecule has 0 spiro atoms. The molecule has 2 fully saturated rings. The standard InChI is InChI=1S/C13H20IN3/c1-8-12(14)13(15)17(16-8)11-4-2-3-10(7-11)9-5-6-9/h9-11H,2-7,15H2,1H3. The summed E-state index contributed by atoms with van der Waals surface area (Å²) in [6.45, 7) is 2.05. The van der Waals surface area contributed by atoms with E-state index in [9.17, 15) is 0 Å². The molecule has 1 aromatic heterocycles. The van der Waals surface area contributed by atoms with Gasteiger partial charge >= 0.3 is 0 Å². The fraction of sp³-hybridized carbons (Fsp3) is 0.769. The van der Waals surface area contributed by atoms with Crippen molar-refractivity contribution in [2.45, 2.75) is 51.5 Å². The first-order chi connectivity index (χ1) is 8.16. The number of anilines is 1. The summed E-state index contributed by atoms with van der Waals surface area (Å²) in [5.74, 6) is 2.84. The number of halogens is 1. The number of hydrogen-bond acceptors (Lipinski definition) is 2. The van der Waals surface area contributed by atoms with Crippen LogP contribution in [-0.2, 0) is 0 Å². The van der Waals surface area contributed by atoms with Crippen molar-refractivity contribution in [2.24, 2.45) is 11.8 Å².